The van der Waals surface area contributed by atoms with Crippen molar-refractivity contribution in [1.29, 1.82) is 0 Å². The highest BCUT2D eigenvalue weighted by Crippen LogP contribution is 2.37. The van der Waals surface area contributed by atoms with Crippen molar-refractivity contribution in [2.75, 3.05) is 4.90 Å². The molecule has 0 radical (unpaired) electrons. The zero-order valence-corrected chi connectivity index (χ0v) is 23.8. The molecule has 7 rings (SSSR count). The Bertz CT molecular complexity index is 1930. The van der Waals surface area contributed by atoms with Crippen LogP contribution < -0.4 is 4.90 Å². The fourth-order valence-corrected chi connectivity index (χ4v) is 5.65. The van der Waals surface area contributed by atoms with E-state index in [1.165, 1.54) is 44.5 Å². The van der Waals surface area contributed by atoms with Crippen LogP contribution in [0.5, 0.6) is 0 Å². The molecule has 0 saturated carbocycles. The molecule has 0 unspecified atom stereocenters. The van der Waals surface area contributed by atoms with E-state index in [1.54, 1.807) is 0 Å². The molecule has 0 N–H and O–H groups in total. The van der Waals surface area contributed by atoms with Crippen LogP contribution in [-0.4, -0.2) is 0 Å². The predicted molar refractivity (Wildman–Crippen MR) is 183 cm³/mol. The van der Waals surface area contributed by atoms with Gasteiger partial charge in [-0.05, 0) is 93.0 Å². The van der Waals surface area contributed by atoms with Gasteiger partial charge in [-0.1, -0.05) is 140 Å². The van der Waals surface area contributed by atoms with E-state index in [2.05, 4.69) is 193 Å². The van der Waals surface area contributed by atoms with E-state index in [9.17, 15) is 0 Å². The molecule has 0 amide bonds. The summed E-state index contributed by atoms with van der Waals surface area (Å²) in [5.74, 6) is 0. The molecule has 7 aromatic rings. The first-order valence-electron chi connectivity index (χ1n) is 14.7. The third-order valence-electron chi connectivity index (χ3n) is 7.87. The Morgan fingerprint density at radius 3 is 0.930 bits per heavy atom. The molecule has 0 aromatic heterocycles. The van der Waals surface area contributed by atoms with Crippen molar-refractivity contribution in [3.63, 3.8) is 0 Å². The van der Waals surface area contributed by atoms with Gasteiger partial charge in [-0.2, -0.15) is 0 Å². The standard InChI is InChI=1S/C42H31N/c1-4-12-32(13-5-1)34-22-26-41(27-23-34)43(40-20-8-3-9-21-40)42-28-24-35(25-29-42)37-17-11-19-39(31-37)38-18-10-16-36(30-38)33-14-6-2-7-15-33/h1-31H. The Kier molecular flexibility index (Phi) is 7.36. The Labute approximate surface area is 254 Å². The van der Waals surface area contributed by atoms with Crippen molar-refractivity contribution in [3.05, 3.63) is 188 Å². The van der Waals surface area contributed by atoms with Crippen molar-refractivity contribution in [3.8, 4) is 44.5 Å². The van der Waals surface area contributed by atoms with E-state index in [-0.39, 0.29) is 0 Å². The van der Waals surface area contributed by atoms with Crippen LogP contribution >= 0.6 is 0 Å². The minimum absolute atomic E-state index is 1.12. The van der Waals surface area contributed by atoms with Crippen LogP contribution in [0.3, 0.4) is 0 Å². The van der Waals surface area contributed by atoms with Gasteiger partial charge in [0.05, 0.1) is 0 Å². The van der Waals surface area contributed by atoms with E-state index < -0.39 is 0 Å². The van der Waals surface area contributed by atoms with Crippen molar-refractivity contribution in [1.82, 2.24) is 0 Å². The zero-order chi connectivity index (χ0) is 28.8. The molecule has 0 aliphatic carbocycles. The number of para-hydroxylation sites is 1. The van der Waals surface area contributed by atoms with Gasteiger partial charge in [-0.25, -0.2) is 0 Å². The second-order valence-electron chi connectivity index (χ2n) is 10.7. The zero-order valence-electron chi connectivity index (χ0n) is 23.8. The Morgan fingerprint density at radius 2 is 0.488 bits per heavy atom. The summed E-state index contributed by atoms with van der Waals surface area (Å²) in [4.78, 5) is 2.31. The van der Waals surface area contributed by atoms with Gasteiger partial charge in [0.25, 0.3) is 0 Å². The lowest BCUT2D eigenvalue weighted by atomic mass is 9.96. The first kappa shape index (κ1) is 26.3. The summed E-state index contributed by atoms with van der Waals surface area (Å²) in [6.45, 7) is 0. The molecule has 0 atom stereocenters. The summed E-state index contributed by atoms with van der Waals surface area (Å²) in [7, 11) is 0. The van der Waals surface area contributed by atoms with Gasteiger partial charge in [0, 0.05) is 17.1 Å². The van der Waals surface area contributed by atoms with Crippen LogP contribution in [0, 0.1) is 0 Å². The highest BCUT2D eigenvalue weighted by molar-refractivity contribution is 5.81. The van der Waals surface area contributed by atoms with Gasteiger partial charge in [0.15, 0.2) is 0 Å². The van der Waals surface area contributed by atoms with E-state index >= 15 is 0 Å². The molecule has 0 heterocycles. The van der Waals surface area contributed by atoms with Gasteiger partial charge in [-0.3, -0.25) is 0 Å². The molecular weight excluding hydrogens is 518 g/mol. The minimum Gasteiger partial charge on any atom is -0.311 e. The van der Waals surface area contributed by atoms with Gasteiger partial charge >= 0.3 is 0 Å². The Balaban J connectivity index is 1.19. The molecule has 7 aromatic carbocycles. The highest BCUT2D eigenvalue weighted by atomic mass is 15.1. The van der Waals surface area contributed by atoms with Crippen LogP contribution in [0.1, 0.15) is 0 Å². The normalized spacial score (nSPS) is 10.8. The number of hydrogen-bond donors (Lipinski definition) is 0. The lowest BCUT2D eigenvalue weighted by Crippen LogP contribution is -2.09. The molecule has 0 bridgehead atoms. The third kappa shape index (κ3) is 5.75. The van der Waals surface area contributed by atoms with E-state index in [1.807, 2.05) is 0 Å². The fraction of sp³-hybridized carbons (Fsp3) is 0. The summed E-state index contributed by atoms with van der Waals surface area (Å²) < 4.78 is 0. The molecular formula is C42H31N. The molecule has 0 saturated heterocycles. The smallest absolute Gasteiger partial charge is 0.0462 e. The van der Waals surface area contributed by atoms with Gasteiger partial charge in [-0.15, -0.1) is 0 Å². The topological polar surface area (TPSA) is 3.24 Å². The second kappa shape index (κ2) is 12.1. The molecule has 1 nitrogen and oxygen atoms in total. The van der Waals surface area contributed by atoms with Crippen molar-refractivity contribution < 1.29 is 0 Å². The Hall–Kier alpha value is -5.66. The number of anilines is 3. The SMILES string of the molecule is c1ccc(-c2ccc(N(c3ccccc3)c3ccc(-c4cccc(-c5cccc(-c6ccccc6)c5)c4)cc3)cc2)cc1. The molecule has 0 aliphatic heterocycles. The van der Waals surface area contributed by atoms with Gasteiger partial charge in [0.2, 0.25) is 0 Å². The first-order valence-corrected chi connectivity index (χ1v) is 14.7. The van der Waals surface area contributed by atoms with Crippen molar-refractivity contribution in [2.45, 2.75) is 0 Å². The quantitative estimate of drug-likeness (QED) is 0.191. The minimum atomic E-state index is 1.12. The predicted octanol–water partition coefficient (Wildman–Crippen LogP) is 11.8. The third-order valence-corrected chi connectivity index (χ3v) is 7.87. The monoisotopic (exact) mass is 549 g/mol. The van der Waals surface area contributed by atoms with Crippen LogP contribution in [-0.2, 0) is 0 Å². The molecule has 0 fully saturated rings. The van der Waals surface area contributed by atoms with Crippen molar-refractivity contribution in [2.24, 2.45) is 0 Å². The van der Waals surface area contributed by atoms with E-state index in [4.69, 9.17) is 0 Å². The van der Waals surface area contributed by atoms with Crippen LogP contribution in [0.15, 0.2) is 188 Å². The maximum atomic E-state index is 2.31. The van der Waals surface area contributed by atoms with Crippen LogP contribution in [0.25, 0.3) is 44.5 Å². The number of nitrogens with zero attached hydrogens (tertiary/aromatic N) is 1. The Morgan fingerprint density at radius 1 is 0.209 bits per heavy atom. The first-order chi connectivity index (χ1) is 21.3. The highest BCUT2D eigenvalue weighted by Gasteiger charge is 2.13. The average Bonchev–Trinajstić information content (AvgIpc) is 3.10. The summed E-state index contributed by atoms with van der Waals surface area (Å²) in [5.41, 5.74) is 13.1. The van der Waals surface area contributed by atoms with Crippen LogP contribution in [0.2, 0.25) is 0 Å². The van der Waals surface area contributed by atoms with E-state index in [0.29, 0.717) is 0 Å². The molecule has 1 heteroatoms. The number of benzene rings is 7. The molecule has 0 aliphatic rings. The number of rotatable bonds is 7. The lowest BCUT2D eigenvalue weighted by molar-refractivity contribution is 1.28. The maximum Gasteiger partial charge on any atom is 0.0462 e. The average molecular weight is 550 g/mol. The van der Waals surface area contributed by atoms with Gasteiger partial charge in [0.1, 0.15) is 0 Å². The maximum absolute atomic E-state index is 2.31. The van der Waals surface area contributed by atoms with E-state index in [0.717, 1.165) is 17.1 Å². The molecule has 0 spiro atoms. The summed E-state index contributed by atoms with van der Waals surface area (Å²) in [6.07, 6.45) is 0. The van der Waals surface area contributed by atoms with Crippen molar-refractivity contribution >= 4 is 17.1 Å². The summed E-state index contributed by atoms with van der Waals surface area (Å²) >= 11 is 0. The van der Waals surface area contributed by atoms with Gasteiger partial charge < -0.3 is 4.90 Å². The number of hydrogen-bond acceptors (Lipinski definition) is 1. The second-order valence-corrected chi connectivity index (χ2v) is 10.7. The molecule has 43 heavy (non-hydrogen) atoms. The summed E-state index contributed by atoms with van der Waals surface area (Å²) in [5, 5.41) is 0. The molecule has 204 valence electrons. The summed E-state index contributed by atoms with van der Waals surface area (Å²) in [6, 6.07) is 66.9. The largest absolute Gasteiger partial charge is 0.311 e. The van der Waals surface area contributed by atoms with Crippen LogP contribution in [0.4, 0.5) is 17.1 Å². The fourth-order valence-electron chi connectivity index (χ4n) is 5.65. The lowest BCUT2D eigenvalue weighted by Gasteiger charge is -2.26.